The number of esters is 1. The summed E-state index contributed by atoms with van der Waals surface area (Å²) < 4.78 is 4.71. The van der Waals surface area contributed by atoms with Crippen LogP contribution in [0.1, 0.15) is 39.2 Å². The van der Waals surface area contributed by atoms with Crippen LogP contribution in [-0.4, -0.2) is 25.0 Å². The summed E-state index contributed by atoms with van der Waals surface area (Å²) in [5.74, 6) is -0.348. The van der Waals surface area contributed by atoms with Crippen LogP contribution in [0, 0.1) is 5.41 Å². The summed E-state index contributed by atoms with van der Waals surface area (Å²) in [6, 6.07) is 9.56. The van der Waals surface area contributed by atoms with Crippen LogP contribution >= 0.6 is 0 Å². The van der Waals surface area contributed by atoms with Gasteiger partial charge in [0.2, 0.25) is 5.91 Å². The topological polar surface area (TPSA) is 55.4 Å². The highest BCUT2D eigenvalue weighted by atomic mass is 16.5. The van der Waals surface area contributed by atoms with Crippen molar-refractivity contribution in [1.29, 1.82) is 0 Å². The van der Waals surface area contributed by atoms with Gasteiger partial charge in [0, 0.05) is 12.5 Å². The molecule has 1 amide bonds. The van der Waals surface area contributed by atoms with E-state index in [1.165, 1.54) is 7.11 Å². The lowest BCUT2D eigenvalue weighted by molar-refractivity contribution is -0.141. The van der Waals surface area contributed by atoms with Crippen molar-refractivity contribution in [1.82, 2.24) is 5.32 Å². The molecule has 0 saturated heterocycles. The molecule has 0 fully saturated rings. The monoisotopic (exact) mass is 291 g/mol. The van der Waals surface area contributed by atoms with Crippen LogP contribution in [0.2, 0.25) is 0 Å². The van der Waals surface area contributed by atoms with E-state index in [1.807, 2.05) is 51.1 Å². The van der Waals surface area contributed by atoms with Crippen LogP contribution in [0.25, 0.3) is 0 Å². The van der Waals surface area contributed by atoms with Gasteiger partial charge in [0.1, 0.15) is 0 Å². The summed E-state index contributed by atoms with van der Waals surface area (Å²) in [5.41, 5.74) is 1.01. The van der Waals surface area contributed by atoms with Gasteiger partial charge in [-0.2, -0.15) is 0 Å². The normalized spacial score (nSPS) is 12.6. The largest absolute Gasteiger partial charge is 0.469 e. The third kappa shape index (κ3) is 7.49. The van der Waals surface area contributed by atoms with Crippen molar-refractivity contribution in [3.05, 3.63) is 35.9 Å². The lowest BCUT2D eigenvalue weighted by Crippen LogP contribution is -2.39. The molecular formula is C17H25NO3. The second-order valence-corrected chi connectivity index (χ2v) is 6.47. The predicted molar refractivity (Wildman–Crippen MR) is 82.8 cm³/mol. The smallest absolute Gasteiger partial charge is 0.307 e. The molecule has 0 heterocycles. The quantitative estimate of drug-likeness (QED) is 0.820. The van der Waals surface area contributed by atoms with Crippen molar-refractivity contribution in [2.75, 3.05) is 7.11 Å². The van der Waals surface area contributed by atoms with E-state index in [0.717, 1.165) is 5.56 Å². The molecule has 116 valence electrons. The van der Waals surface area contributed by atoms with Crippen molar-refractivity contribution >= 4 is 11.9 Å². The zero-order valence-corrected chi connectivity index (χ0v) is 13.3. The van der Waals surface area contributed by atoms with Crippen LogP contribution in [0.5, 0.6) is 0 Å². The number of amides is 1. The van der Waals surface area contributed by atoms with Crippen LogP contribution in [0.15, 0.2) is 30.3 Å². The Bertz CT molecular complexity index is 463. The van der Waals surface area contributed by atoms with Gasteiger partial charge in [-0.3, -0.25) is 9.59 Å². The Hall–Kier alpha value is -1.84. The number of methoxy groups -OCH3 is 1. The molecule has 0 aromatic heterocycles. The first kappa shape index (κ1) is 17.2. The molecule has 0 unspecified atom stereocenters. The first-order valence-corrected chi connectivity index (χ1v) is 7.20. The molecule has 0 aliphatic carbocycles. The average Bonchev–Trinajstić information content (AvgIpc) is 2.37. The fourth-order valence-electron chi connectivity index (χ4n) is 2.12. The average molecular weight is 291 g/mol. The highest BCUT2D eigenvalue weighted by Gasteiger charge is 2.21. The van der Waals surface area contributed by atoms with Crippen LogP contribution in [0.4, 0.5) is 0 Å². The Morgan fingerprint density at radius 3 is 2.33 bits per heavy atom. The van der Waals surface area contributed by atoms with Gasteiger partial charge in [-0.25, -0.2) is 0 Å². The SMILES string of the molecule is COC(=O)C[C@H](Cc1ccccc1)NC(=O)CC(C)(C)C. The summed E-state index contributed by atoms with van der Waals surface area (Å²) in [6.07, 6.45) is 1.23. The molecule has 1 rings (SSSR count). The summed E-state index contributed by atoms with van der Waals surface area (Å²) in [5, 5.41) is 2.95. The number of nitrogens with one attached hydrogen (secondary N) is 1. The van der Waals surface area contributed by atoms with Gasteiger partial charge in [-0.1, -0.05) is 51.1 Å². The maximum Gasteiger partial charge on any atom is 0.307 e. The Kier molecular flexibility index (Phi) is 6.40. The number of ether oxygens (including phenoxy) is 1. The minimum atomic E-state index is -0.313. The van der Waals surface area contributed by atoms with E-state index in [-0.39, 0.29) is 29.8 Å². The molecule has 4 heteroatoms. The van der Waals surface area contributed by atoms with Gasteiger partial charge >= 0.3 is 5.97 Å². The summed E-state index contributed by atoms with van der Waals surface area (Å²) in [4.78, 5) is 23.6. The van der Waals surface area contributed by atoms with E-state index >= 15 is 0 Å². The maximum atomic E-state index is 12.1. The van der Waals surface area contributed by atoms with E-state index in [9.17, 15) is 9.59 Å². The molecule has 0 aliphatic rings. The van der Waals surface area contributed by atoms with E-state index in [1.54, 1.807) is 0 Å². The van der Waals surface area contributed by atoms with Gasteiger partial charge in [-0.05, 0) is 17.4 Å². The molecule has 4 nitrogen and oxygen atoms in total. The van der Waals surface area contributed by atoms with Crippen molar-refractivity contribution in [3.63, 3.8) is 0 Å². The molecule has 1 atom stereocenters. The number of benzene rings is 1. The van der Waals surface area contributed by atoms with E-state index < -0.39 is 0 Å². The van der Waals surface area contributed by atoms with E-state index in [2.05, 4.69) is 5.32 Å². The lowest BCUT2D eigenvalue weighted by Gasteiger charge is -2.22. The molecule has 0 bridgehead atoms. The molecule has 0 aliphatic heterocycles. The molecule has 21 heavy (non-hydrogen) atoms. The Labute approximate surface area is 126 Å². The van der Waals surface area contributed by atoms with Crippen molar-refractivity contribution < 1.29 is 14.3 Å². The van der Waals surface area contributed by atoms with Gasteiger partial charge in [0.25, 0.3) is 0 Å². The van der Waals surface area contributed by atoms with E-state index in [4.69, 9.17) is 4.74 Å². The predicted octanol–water partition coefficient (Wildman–Crippen LogP) is 2.71. The second kappa shape index (κ2) is 7.81. The molecule has 0 radical (unpaired) electrons. The zero-order valence-electron chi connectivity index (χ0n) is 13.3. The first-order valence-electron chi connectivity index (χ1n) is 7.20. The Morgan fingerprint density at radius 1 is 1.19 bits per heavy atom. The van der Waals surface area contributed by atoms with Gasteiger partial charge in [-0.15, -0.1) is 0 Å². The van der Waals surface area contributed by atoms with Crippen LogP contribution in [0.3, 0.4) is 0 Å². The van der Waals surface area contributed by atoms with Crippen molar-refractivity contribution in [3.8, 4) is 0 Å². The summed E-state index contributed by atoms with van der Waals surface area (Å²) >= 11 is 0. The number of hydrogen-bond donors (Lipinski definition) is 1. The van der Waals surface area contributed by atoms with Crippen LogP contribution < -0.4 is 5.32 Å². The molecule has 1 N–H and O–H groups in total. The second-order valence-electron chi connectivity index (χ2n) is 6.47. The summed E-state index contributed by atoms with van der Waals surface area (Å²) in [7, 11) is 1.36. The molecular weight excluding hydrogens is 266 g/mol. The highest BCUT2D eigenvalue weighted by molar-refractivity contribution is 5.78. The van der Waals surface area contributed by atoms with Gasteiger partial charge < -0.3 is 10.1 Å². The highest BCUT2D eigenvalue weighted by Crippen LogP contribution is 2.18. The number of carbonyl (C=O) groups excluding carboxylic acids is 2. The maximum absolute atomic E-state index is 12.1. The van der Waals surface area contributed by atoms with Crippen molar-refractivity contribution in [2.45, 2.75) is 46.1 Å². The van der Waals surface area contributed by atoms with Gasteiger partial charge in [0.05, 0.1) is 13.5 Å². The summed E-state index contributed by atoms with van der Waals surface area (Å²) in [6.45, 7) is 6.04. The molecule has 0 spiro atoms. The standard InChI is InChI=1S/C17H25NO3/c1-17(2,3)12-15(19)18-14(11-16(20)21-4)10-13-8-6-5-7-9-13/h5-9,14H,10-12H2,1-4H3,(H,18,19)/t14-/m0/s1. The first-order chi connectivity index (χ1) is 9.80. The fraction of sp³-hybridized carbons (Fsp3) is 0.529. The molecule has 0 saturated carbocycles. The third-order valence-corrected chi connectivity index (χ3v) is 3.02. The zero-order chi connectivity index (χ0) is 15.9. The van der Waals surface area contributed by atoms with Crippen molar-refractivity contribution in [2.24, 2.45) is 5.41 Å². The van der Waals surface area contributed by atoms with Gasteiger partial charge in [0.15, 0.2) is 0 Å². The Balaban J connectivity index is 2.68. The third-order valence-electron chi connectivity index (χ3n) is 3.02. The lowest BCUT2D eigenvalue weighted by atomic mass is 9.91. The minimum Gasteiger partial charge on any atom is -0.469 e. The molecule has 1 aromatic carbocycles. The number of rotatable bonds is 6. The number of carbonyl (C=O) groups is 2. The number of hydrogen-bond acceptors (Lipinski definition) is 3. The molecule has 1 aromatic rings. The Morgan fingerprint density at radius 2 is 1.81 bits per heavy atom. The van der Waals surface area contributed by atoms with E-state index in [0.29, 0.717) is 12.8 Å². The van der Waals surface area contributed by atoms with Crippen LogP contribution in [-0.2, 0) is 20.7 Å². The fourth-order valence-corrected chi connectivity index (χ4v) is 2.12. The minimum absolute atomic E-state index is 0.0349.